The van der Waals surface area contributed by atoms with Crippen molar-refractivity contribution in [2.75, 3.05) is 32.8 Å². The Hall–Kier alpha value is -2.40. The smallest absolute Gasteiger partial charge is 0.475 e. The summed E-state index contributed by atoms with van der Waals surface area (Å²) in [7, 11) is 1.87. The van der Waals surface area contributed by atoms with Crippen LogP contribution in [-0.4, -0.2) is 70.7 Å². The van der Waals surface area contributed by atoms with Crippen LogP contribution in [0.1, 0.15) is 11.6 Å². The summed E-state index contributed by atoms with van der Waals surface area (Å²) in [5.74, 6) is -2.92. The molecule has 1 aromatic rings. The molecule has 1 aliphatic heterocycles. The number of ether oxygens (including phenoxy) is 1. The molecular weight excluding hydrogens is 357 g/mol. The van der Waals surface area contributed by atoms with Gasteiger partial charge in [0.2, 0.25) is 5.91 Å². The first-order valence-electron chi connectivity index (χ1n) is 7.65. The van der Waals surface area contributed by atoms with E-state index < -0.39 is 12.1 Å². The fourth-order valence-corrected chi connectivity index (χ4v) is 2.13. The van der Waals surface area contributed by atoms with Gasteiger partial charge in [-0.05, 0) is 6.08 Å². The van der Waals surface area contributed by atoms with Gasteiger partial charge >= 0.3 is 12.1 Å². The normalized spacial score (nSPS) is 16.2. The average Bonchev–Trinajstić information content (AvgIpc) is 3.01. The zero-order valence-corrected chi connectivity index (χ0v) is 14.2. The third-order valence-corrected chi connectivity index (χ3v) is 3.42. The molecule has 26 heavy (non-hydrogen) atoms. The Morgan fingerprint density at radius 3 is 2.46 bits per heavy atom. The van der Waals surface area contributed by atoms with Gasteiger partial charge in [-0.15, -0.1) is 0 Å². The summed E-state index contributed by atoms with van der Waals surface area (Å²) in [6.45, 7) is 7.52. The lowest BCUT2D eigenvalue weighted by atomic mass is 10.1. The van der Waals surface area contributed by atoms with E-state index in [9.17, 15) is 18.0 Å². The third-order valence-electron chi connectivity index (χ3n) is 3.42. The molecular formula is C15H21F3N4O4. The van der Waals surface area contributed by atoms with Gasteiger partial charge in [0.15, 0.2) is 0 Å². The number of alkyl halides is 3. The number of hydrogen-bond acceptors (Lipinski definition) is 5. The molecule has 0 aliphatic carbocycles. The standard InChI is InChI=1S/C13H20N4O2.C2HF3O2/c1-3-13(18)15-12(11-8-14-16(2)9-11)10-17-4-6-19-7-5-17;3-2(4,5)1(6)7/h3,8-9,12H,1,4-7,10H2,2H3,(H,15,18);(H,6,7). The summed E-state index contributed by atoms with van der Waals surface area (Å²) in [4.78, 5) is 22.7. The molecule has 1 aliphatic rings. The number of rotatable bonds is 5. The third kappa shape index (κ3) is 7.66. The maximum Gasteiger partial charge on any atom is 0.490 e. The van der Waals surface area contributed by atoms with E-state index in [2.05, 4.69) is 21.9 Å². The Balaban J connectivity index is 0.000000412. The molecule has 1 saturated heterocycles. The fourth-order valence-electron chi connectivity index (χ4n) is 2.13. The fraction of sp³-hybridized carbons (Fsp3) is 0.533. The second-order valence-corrected chi connectivity index (χ2v) is 5.43. The number of carbonyl (C=O) groups excluding carboxylic acids is 1. The van der Waals surface area contributed by atoms with E-state index in [0.29, 0.717) is 0 Å². The second-order valence-electron chi connectivity index (χ2n) is 5.43. The molecule has 1 amide bonds. The molecule has 0 aromatic carbocycles. The maximum absolute atomic E-state index is 11.5. The van der Waals surface area contributed by atoms with Gasteiger partial charge in [-0.25, -0.2) is 4.79 Å². The molecule has 2 heterocycles. The van der Waals surface area contributed by atoms with Crippen LogP contribution in [-0.2, 0) is 21.4 Å². The minimum Gasteiger partial charge on any atom is -0.475 e. The largest absolute Gasteiger partial charge is 0.490 e. The average molecular weight is 378 g/mol. The first kappa shape index (κ1) is 21.6. The highest BCUT2D eigenvalue weighted by molar-refractivity contribution is 5.87. The molecule has 0 spiro atoms. The predicted molar refractivity (Wildman–Crippen MR) is 85.2 cm³/mol. The van der Waals surface area contributed by atoms with Crippen LogP contribution in [0.2, 0.25) is 0 Å². The Morgan fingerprint density at radius 2 is 2.04 bits per heavy atom. The van der Waals surface area contributed by atoms with Gasteiger partial charge in [-0.2, -0.15) is 18.3 Å². The number of nitrogens with zero attached hydrogens (tertiary/aromatic N) is 3. The number of carbonyl (C=O) groups is 2. The number of aryl methyl sites for hydroxylation is 1. The van der Waals surface area contributed by atoms with Crippen LogP contribution in [0.15, 0.2) is 25.0 Å². The van der Waals surface area contributed by atoms with Crippen LogP contribution in [0, 0.1) is 0 Å². The highest BCUT2D eigenvalue weighted by Gasteiger charge is 2.38. The monoisotopic (exact) mass is 378 g/mol. The first-order chi connectivity index (χ1) is 12.1. The van der Waals surface area contributed by atoms with E-state index in [1.54, 1.807) is 10.9 Å². The quantitative estimate of drug-likeness (QED) is 0.734. The molecule has 2 N–H and O–H groups in total. The van der Waals surface area contributed by atoms with Crippen molar-refractivity contribution in [2.45, 2.75) is 12.2 Å². The number of aromatic nitrogens is 2. The summed E-state index contributed by atoms with van der Waals surface area (Å²) in [5.41, 5.74) is 1.00. The van der Waals surface area contributed by atoms with E-state index in [1.807, 2.05) is 13.2 Å². The van der Waals surface area contributed by atoms with Crippen LogP contribution in [0.5, 0.6) is 0 Å². The van der Waals surface area contributed by atoms with Gasteiger partial charge in [-0.3, -0.25) is 14.4 Å². The summed E-state index contributed by atoms with van der Waals surface area (Å²) in [6, 6.07) is -0.0719. The van der Waals surface area contributed by atoms with Crippen LogP contribution in [0.3, 0.4) is 0 Å². The van der Waals surface area contributed by atoms with Crippen LogP contribution in [0.25, 0.3) is 0 Å². The molecule has 146 valence electrons. The maximum atomic E-state index is 11.5. The number of nitrogens with one attached hydrogen (secondary N) is 1. The Bertz CT molecular complexity index is 612. The van der Waals surface area contributed by atoms with Crippen LogP contribution >= 0.6 is 0 Å². The highest BCUT2D eigenvalue weighted by atomic mass is 19.4. The van der Waals surface area contributed by atoms with Crippen molar-refractivity contribution < 1.29 is 32.6 Å². The van der Waals surface area contributed by atoms with Crippen molar-refractivity contribution in [2.24, 2.45) is 7.05 Å². The van der Waals surface area contributed by atoms with Crippen molar-refractivity contribution in [1.29, 1.82) is 0 Å². The number of amides is 1. The molecule has 8 nitrogen and oxygen atoms in total. The molecule has 2 rings (SSSR count). The molecule has 0 saturated carbocycles. The van der Waals surface area contributed by atoms with E-state index in [4.69, 9.17) is 14.6 Å². The number of halogens is 3. The number of carboxylic acid groups (broad SMARTS) is 1. The Labute approximate surface area is 148 Å². The Kier molecular flexibility index (Phi) is 8.26. The predicted octanol–water partition coefficient (Wildman–Crippen LogP) is 0.729. The zero-order valence-electron chi connectivity index (χ0n) is 14.2. The first-order valence-corrected chi connectivity index (χ1v) is 7.65. The lowest BCUT2D eigenvalue weighted by Gasteiger charge is -2.30. The van der Waals surface area contributed by atoms with Crippen molar-refractivity contribution in [1.82, 2.24) is 20.0 Å². The van der Waals surface area contributed by atoms with Gasteiger partial charge in [0.05, 0.1) is 25.5 Å². The van der Waals surface area contributed by atoms with Gasteiger partial charge in [0, 0.05) is 38.4 Å². The van der Waals surface area contributed by atoms with E-state index >= 15 is 0 Å². The Morgan fingerprint density at radius 1 is 1.46 bits per heavy atom. The van der Waals surface area contributed by atoms with E-state index in [0.717, 1.165) is 38.4 Å². The number of hydrogen-bond donors (Lipinski definition) is 2. The summed E-state index contributed by atoms with van der Waals surface area (Å²) < 4.78 is 38.8. The van der Waals surface area contributed by atoms with Crippen molar-refractivity contribution in [3.63, 3.8) is 0 Å². The van der Waals surface area contributed by atoms with Crippen LogP contribution in [0.4, 0.5) is 13.2 Å². The van der Waals surface area contributed by atoms with Gasteiger partial charge < -0.3 is 15.2 Å². The molecule has 1 unspecified atom stereocenters. The molecule has 0 radical (unpaired) electrons. The topological polar surface area (TPSA) is 96.7 Å². The van der Waals surface area contributed by atoms with Gasteiger partial charge in [-0.1, -0.05) is 6.58 Å². The second kappa shape index (κ2) is 9.92. The zero-order chi connectivity index (χ0) is 19.7. The lowest BCUT2D eigenvalue weighted by molar-refractivity contribution is -0.192. The molecule has 1 aromatic heterocycles. The minimum atomic E-state index is -5.08. The number of carboxylic acids is 1. The summed E-state index contributed by atoms with van der Waals surface area (Å²) in [5, 5.41) is 14.2. The van der Waals surface area contributed by atoms with Gasteiger partial charge in [0.25, 0.3) is 0 Å². The molecule has 11 heteroatoms. The van der Waals surface area contributed by atoms with Crippen molar-refractivity contribution >= 4 is 11.9 Å². The van der Waals surface area contributed by atoms with Gasteiger partial charge in [0.1, 0.15) is 0 Å². The number of aliphatic carboxylic acids is 1. The minimum absolute atomic E-state index is 0.0719. The summed E-state index contributed by atoms with van der Waals surface area (Å²) in [6.07, 6.45) is -0.0777. The molecule has 0 bridgehead atoms. The lowest BCUT2D eigenvalue weighted by Crippen LogP contribution is -2.42. The highest BCUT2D eigenvalue weighted by Crippen LogP contribution is 2.15. The SMILES string of the molecule is C=CC(=O)NC(CN1CCOCC1)c1cnn(C)c1.O=C(O)C(F)(F)F. The van der Waals surface area contributed by atoms with E-state index in [1.165, 1.54) is 6.08 Å². The molecule has 1 fully saturated rings. The van der Waals surface area contributed by atoms with Crippen molar-refractivity contribution in [3.05, 3.63) is 30.6 Å². The van der Waals surface area contributed by atoms with Crippen molar-refractivity contribution in [3.8, 4) is 0 Å². The molecule has 1 atom stereocenters. The van der Waals surface area contributed by atoms with Crippen LogP contribution < -0.4 is 5.32 Å². The van der Waals surface area contributed by atoms with E-state index in [-0.39, 0.29) is 11.9 Å². The summed E-state index contributed by atoms with van der Waals surface area (Å²) >= 11 is 0. The number of morpholine rings is 1.